The van der Waals surface area contributed by atoms with Crippen LogP contribution in [0.25, 0.3) is 0 Å². The lowest BCUT2D eigenvalue weighted by Crippen LogP contribution is -2.69. The van der Waals surface area contributed by atoms with Gasteiger partial charge in [0.15, 0.2) is 0 Å². The van der Waals surface area contributed by atoms with Gasteiger partial charge in [-0.3, -0.25) is 9.80 Å². The van der Waals surface area contributed by atoms with E-state index in [4.69, 9.17) is 9.47 Å². The Morgan fingerprint density at radius 1 is 0.506 bits per heavy atom. The van der Waals surface area contributed by atoms with Gasteiger partial charge in [0, 0.05) is 116 Å². The molecule has 4 amide bonds. The first-order valence-corrected chi connectivity index (χ1v) is 29.9. The second-order valence-electron chi connectivity index (χ2n) is 21.7. The van der Waals surface area contributed by atoms with E-state index in [1.165, 1.54) is 16.1 Å². The Morgan fingerprint density at radius 3 is 1.22 bits per heavy atom. The van der Waals surface area contributed by atoms with Crippen LogP contribution in [-0.2, 0) is 10.0 Å². The summed E-state index contributed by atoms with van der Waals surface area (Å²) in [5.41, 5.74) is 7.86. The van der Waals surface area contributed by atoms with E-state index in [1.54, 1.807) is 21.3 Å². The number of nitrogens with zero attached hydrogens (tertiary/aromatic N) is 6. The van der Waals surface area contributed by atoms with Crippen molar-refractivity contribution in [1.82, 2.24) is 28.8 Å². The van der Waals surface area contributed by atoms with Crippen molar-refractivity contribution in [2.45, 2.75) is 61.7 Å². The quantitative estimate of drug-likeness (QED) is 0.122. The predicted molar refractivity (Wildman–Crippen MR) is 323 cm³/mol. The summed E-state index contributed by atoms with van der Waals surface area (Å²) in [7, 11) is 5.85. The van der Waals surface area contributed by atoms with Crippen LogP contribution in [-0.4, -0.2) is 167 Å². The molecule has 6 aromatic rings. The van der Waals surface area contributed by atoms with Gasteiger partial charge in [-0.05, 0) is 161 Å². The number of carbonyl (C=O) groups is 2. The van der Waals surface area contributed by atoms with Gasteiger partial charge >= 0.3 is 12.1 Å². The molecule has 0 saturated carbocycles. The predicted octanol–water partition coefficient (Wildman–Crippen LogP) is 9.57. The van der Waals surface area contributed by atoms with E-state index in [-0.39, 0.29) is 36.1 Å². The second kappa shape index (κ2) is 27.2. The Kier molecular flexibility index (Phi) is 19.5. The van der Waals surface area contributed by atoms with Crippen molar-refractivity contribution in [3.8, 4) is 35.2 Å². The largest absolute Gasteiger partial charge is 0.497 e. The summed E-state index contributed by atoms with van der Waals surface area (Å²) in [6.45, 7) is 6.05. The number of nitrogens with one attached hydrogen (secondary N) is 2. The van der Waals surface area contributed by atoms with Crippen LogP contribution in [0.15, 0.2) is 158 Å². The third-order valence-electron chi connectivity index (χ3n) is 16.0. The van der Waals surface area contributed by atoms with Crippen molar-refractivity contribution in [1.29, 1.82) is 0 Å². The molecule has 0 spiro atoms. The van der Waals surface area contributed by atoms with Crippen molar-refractivity contribution in [2.24, 2.45) is 0 Å². The van der Waals surface area contributed by atoms with Crippen LogP contribution in [0.3, 0.4) is 0 Å². The Hall–Kier alpha value is -7.63. The summed E-state index contributed by atoms with van der Waals surface area (Å²) in [5.74, 6) is 14.9. The van der Waals surface area contributed by atoms with Crippen LogP contribution in [0.5, 0.6) is 11.5 Å². The molecule has 4 heterocycles. The maximum atomic E-state index is 13.4. The number of ether oxygens (including phenoxy) is 2. The highest BCUT2D eigenvalue weighted by Gasteiger charge is 2.51. The standard InChI is InChI=1S/C33H38N4O4S.C33H38N4O2/c1-35(42(3,39)40)23-30-32(27-15-13-26(14-16-27)12-11-25-9-5-4-6-10-25)31-24-36(21-7-8-22-37(30)31)33(38)34-28-17-19-29(41-2)20-18-28;1-35(2)23-30-32(27-15-13-26(14-16-27)12-11-25-9-5-4-6-10-25)31-24-36(21-7-8-22-37(30)31)33(38)34-28-17-19-29(39-3)20-18-28/h4-6,9-10,13-20,30-32H,7-8,21-24H2,1-3H3,(H,34,38);4-6,9-10,13-20,30-32H,7-8,21-24H2,1-3H3,(H,34,38)/t2*30-,31+,32+/m11/s1. The Bertz CT molecular complexity index is 3270. The van der Waals surface area contributed by atoms with E-state index in [1.807, 2.05) is 131 Å². The third kappa shape index (κ3) is 15.0. The number of likely N-dealkylation sites (N-methyl/N-ethyl adjacent to an activating group) is 2. The number of fused-ring (bicyclic) bond motifs is 2. The minimum absolute atomic E-state index is 0.0144. The van der Waals surface area contributed by atoms with Crippen LogP contribution in [0, 0.1) is 23.7 Å². The molecule has 0 aliphatic carbocycles. The van der Waals surface area contributed by atoms with E-state index in [9.17, 15) is 18.0 Å². The number of hydrogen-bond acceptors (Lipinski definition) is 9. The maximum absolute atomic E-state index is 13.4. The minimum atomic E-state index is -3.33. The number of anilines is 2. The lowest BCUT2D eigenvalue weighted by atomic mass is 9.73. The average molecular weight is 1110 g/mol. The molecule has 0 aromatic heterocycles. The first-order valence-electron chi connectivity index (χ1n) is 28.1. The van der Waals surface area contributed by atoms with E-state index < -0.39 is 10.0 Å². The van der Waals surface area contributed by atoms with Crippen LogP contribution in [0.1, 0.15) is 70.9 Å². The summed E-state index contributed by atoms with van der Waals surface area (Å²) in [4.78, 5) is 37.9. The zero-order chi connectivity index (χ0) is 56.9. The summed E-state index contributed by atoms with van der Waals surface area (Å²) in [6, 6.07) is 52.4. The van der Waals surface area contributed by atoms with Gasteiger partial charge in [0.2, 0.25) is 10.0 Å². The number of hydrogen-bond donors (Lipinski definition) is 2. The van der Waals surface area contributed by atoms with E-state index in [0.29, 0.717) is 43.8 Å². The normalized spacial score (nSPS) is 20.9. The minimum Gasteiger partial charge on any atom is -0.497 e. The first kappa shape index (κ1) is 58.0. The summed E-state index contributed by atoms with van der Waals surface area (Å²) >= 11 is 0. The number of carbonyl (C=O) groups excluding carboxylic acids is 2. The van der Waals surface area contributed by atoms with Crippen molar-refractivity contribution in [3.63, 3.8) is 0 Å². The molecule has 4 saturated heterocycles. The smallest absolute Gasteiger partial charge is 0.321 e. The fourth-order valence-corrected chi connectivity index (χ4v) is 12.1. The van der Waals surface area contributed by atoms with Crippen LogP contribution in [0.4, 0.5) is 21.0 Å². The van der Waals surface area contributed by atoms with Crippen LogP contribution < -0.4 is 20.1 Å². The number of urea groups is 2. The van der Waals surface area contributed by atoms with Crippen molar-refractivity contribution in [2.75, 3.05) is 105 Å². The average Bonchev–Trinajstić information content (AvgIpc) is 3.11. The molecular weight excluding hydrogens is 1030 g/mol. The van der Waals surface area contributed by atoms with E-state index >= 15 is 0 Å². The topological polar surface area (TPSA) is 130 Å². The highest BCUT2D eigenvalue weighted by Crippen LogP contribution is 2.44. The Balaban J connectivity index is 0.000000196. The number of benzene rings is 6. The fraction of sp³-hybridized carbons (Fsp3) is 0.364. The monoisotopic (exact) mass is 1110 g/mol. The van der Waals surface area contributed by atoms with Gasteiger partial charge in [-0.25, -0.2) is 22.3 Å². The van der Waals surface area contributed by atoms with Gasteiger partial charge in [-0.1, -0.05) is 84.3 Å². The molecule has 10 rings (SSSR count). The molecule has 0 bridgehead atoms. The van der Waals surface area contributed by atoms with Gasteiger partial charge < -0.3 is 34.8 Å². The molecule has 0 radical (unpaired) electrons. The second-order valence-corrected chi connectivity index (χ2v) is 23.8. The van der Waals surface area contributed by atoms with Gasteiger partial charge in [0.05, 0.1) is 20.5 Å². The molecule has 4 aliphatic rings. The van der Waals surface area contributed by atoms with Crippen molar-refractivity contribution >= 4 is 33.5 Å². The first-order chi connectivity index (χ1) is 39.2. The molecule has 6 atom stereocenters. The molecule has 2 N–H and O–H groups in total. The maximum Gasteiger partial charge on any atom is 0.321 e. The highest BCUT2D eigenvalue weighted by molar-refractivity contribution is 7.88. The van der Waals surface area contributed by atoms with E-state index in [0.717, 1.165) is 96.9 Å². The summed E-state index contributed by atoms with van der Waals surface area (Å²) in [6.07, 6.45) is 5.16. The SMILES string of the molecule is COc1ccc(NC(=O)N2CCCCN3[C@H](CN(C)C)[C@H](c4ccc(C#Cc5ccccc5)cc4)[C@@H]3C2)cc1.COc1ccc(NC(=O)N2CCCCN3[C@H](CN(C)S(C)(=O)=O)[C@H](c4ccc(C#Cc5ccccc5)cc4)[C@@H]3C2)cc1. The number of methoxy groups -OCH3 is 2. The lowest BCUT2D eigenvalue weighted by molar-refractivity contribution is -0.0447. The molecule has 14 nitrogen and oxygen atoms in total. The lowest BCUT2D eigenvalue weighted by Gasteiger charge is -2.58. The summed E-state index contributed by atoms with van der Waals surface area (Å²) < 4.78 is 36.6. The molecule has 81 heavy (non-hydrogen) atoms. The number of sulfonamides is 1. The molecule has 0 unspecified atom stereocenters. The third-order valence-corrected chi connectivity index (χ3v) is 17.3. The molecule has 6 aromatic carbocycles. The molecular formula is C66H76N8O6S. The highest BCUT2D eigenvalue weighted by atomic mass is 32.2. The van der Waals surface area contributed by atoms with Crippen molar-refractivity contribution < 1.29 is 27.5 Å². The van der Waals surface area contributed by atoms with Gasteiger partial charge in [-0.2, -0.15) is 0 Å². The molecule has 15 heteroatoms. The number of rotatable bonds is 11. The van der Waals surface area contributed by atoms with Gasteiger partial charge in [0.1, 0.15) is 11.5 Å². The zero-order valence-corrected chi connectivity index (χ0v) is 48.3. The van der Waals surface area contributed by atoms with Gasteiger partial charge in [0.25, 0.3) is 0 Å². The van der Waals surface area contributed by atoms with Crippen LogP contribution in [0.2, 0.25) is 0 Å². The Labute approximate surface area is 480 Å². The molecule has 422 valence electrons. The number of amides is 4. The Morgan fingerprint density at radius 2 is 0.864 bits per heavy atom. The molecule has 4 aliphatic heterocycles. The molecule has 4 fully saturated rings. The van der Waals surface area contributed by atoms with E-state index in [2.05, 4.69) is 99.5 Å². The summed E-state index contributed by atoms with van der Waals surface area (Å²) in [5, 5.41) is 6.13. The fourth-order valence-electron chi connectivity index (χ4n) is 11.7. The van der Waals surface area contributed by atoms with Crippen LogP contribution >= 0.6 is 0 Å². The zero-order valence-electron chi connectivity index (χ0n) is 47.5. The van der Waals surface area contributed by atoms with Gasteiger partial charge in [-0.15, -0.1) is 0 Å². The van der Waals surface area contributed by atoms with Crippen molar-refractivity contribution in [3.05, 3.63) is 191 Å².